The first kappa shape index (κ1) is 25.5. The van der Waals surface area contributed by atoms with Gasteiger partial charge in [0.25, 0.3) is 5.91 Å². The molecule has 1 spiro atoms. The molecule has 4 aliphatic heterocycles. The summed E-state index contributed by atoms with van der Waals surface area (Å²) in [5.41, 5.74) is 4.52. The third-order valence-electron chi connectivity index (χ3n) is 8.97. The lowest BCUT2D eigenvalue weighted by atomic mass is 9.74. The second kappa shape index (κ2) is 10.4. The molecule has 1 aromatic carbocycles. The topological polar surface area (TPSA) is 116 Å². The molecule has 2 fully saturated rings. The first-order valence-corrected chi connectivity index (χ1v) is 14.0. The molecule has 9 nitrogen and oxygen atoms in total. The van der Waals surface area contributed by atoms with Gasteiger partial charge in [-0.2, -0.15) is 5.26 Å². The normalized spacial score (nSPS) is 21.9. The van der Waals surface area contributed by atoms with Gasteiger partial charge in [0.2, 0.25) is 11.8 Å². The maximum atomic E-state index is 13.1. The number of amides is 3. The van der Waals surface area contributed by atoms with E-state index in [1.54, 1.807) is 11.1 Å². The molecule has 1 N–H and O–H groups in total. The Hall–Kier alpha value is -3.77. The van der Waals surface area contributed by atoms with Crippen LogP contribution in [-0.4, -0.2) is 64.8 Å². The van der Waals surface area contributed by atoms with Crippen molar-refractivity contribution in [3.63, 3.8) is 0 Å². The first-order valence-electron chi connectivity index (χ1n) is 14.0. The fourth-order valence-corrected chi connectivity index (χ4v) is 6.66. The van der Waals surface area contributed by atoms with E-state index in [4.69, 9.17) is 4.74 Å². The molecule has 1 aromatic heterocycles. The van der Waals surface area contributed by atoms with Crippen molar-refractivity contribution in [3.8, 4) is 11.8 Å². The fraction of sp³-hybridized carbons (Fsp3) is 0.500. The first-order chi connectivity index (χ1) is 19.0. The van der Waals surface area contributed by atoms with E-state index in [1.807, 2.05) is 18.2 Å². The van der Waals surface area contributed by atoms with E-state index in [0.29, 0.717) is 30.8 Å². The second-order valence-electron chi connectivity index (χ2n) is 11.2. The van der Waals surface area contributed by atoms with Gasteiger partial charge in [-0.1, -0.05) is 18.6 Å². The van der Waals surface area contributed by atoms with Crippen LogP contribution in [0, 0.1) is 11.3 Å². The van der Waals surface area contributed by atoms with Crippen LogP contribution in [0.2, 0.25) is 0 Å². The Kier molecular flexibility index (Phi) is 6.81. The minimum absolute atomic E-state index is 0.00715. The Labute approximate surface area is 228 Å². The molecule has 2 saturated heterocycles. The van der Waals surface area contributed by atoms with Crippen molar-refractivity contribution in [3.05, 3.63) is 58.4 Å². The number of nitrogens with one attached hydrogen (secondary N) is 1. The molecule has 9 heteroatoms. The van der Waals surface area contributed by atoms with Gasteiger partial charge < -0.3 is 14.5 Å². The number of unbranched alkanes of at least 4 members (excludes halogenated alkanes) is 2. The molecule has 3 amide bonds. The van der Waals surface area contributed by atoms with Crippen LogP contribution in [-0.2, 0) is 28.0 Å². The summed E-state index contributed by atoms with van der Waals surface area (Å²) in [7, 11) is 0. The molecule has 0 radical (unpaired) electrons. The lowest BCUT2D eigenvalue weighted by Gasteiger charge is -2.38. The third-order valence-corrected chi connectivity index (χ3v) is 8.97. The van der Waals surface area contributed by atoms with Gasteiger partial charge in [-0.3, -0.25) is 19.7 Å². The van der Waals surface area contributed by atoms with E-state index in [0.717, 1.165) is 75.0 Å². The number of hydrogen-bond donors (Lipinski definition) is 1. The van der Waals surface area contributed by atoms with E-state index in [9.17, 15) is 19.6 Å². The lowest BCUT2D eigenvalue weighted by Crippen LogP contribution is -2.52. The number of piperidine rings is 2. The van der Waals surface area contributed by atoms with Crippen LogP contribution in [0.25, 0.3) is 0 Å². The molecule has 5 heterocycles. The number of rotatable bonds is 7. The van der Waals surface area contributed by atoms with Gasteiger partial charge in [-0.15, -0.1) is 0 Å². The predicted octanol–water partition coefficient (Wildman–Crippen LogP) is 2.85. The maximum absolute atomic E-state index is 13.1. The average Bonchev–Trinajstić information content (AvgIpc) is 3.47. The fourth-order valence-electron chi connectivity index (χ4n) is 6.66. The average molecular weight is 528 g/mol. The zero-order valence-electron chi connectivity index (χ0n) is 22.1. The molecule has 0 aliphatic carbocycles. The van der Waals surface area contributed by atoms with Crippen molar-refractivity contribution in [2.24, 2.45) is 0 Å². The summed E-state index contributed by atoms with van der Waals surface area (Å²) in [5.74, 6) is 0.0809. The highest BCUT2D eigenvalue weighted by Crippen LogP contribution is 2.45. The number of carbonyl (C=O) groups is 3. The van der Waals surface area contributed by atoms with Crippen LogP contribution >= 0.6 is 0 Å². The largest absolute Gasteiger partial charge is 0.491 e. The predicted molar refractivity (Wildman–Crippen MR) is 142 cm³/mol. The number of carbonyl (C=O) groups excluding carboxylic acids is 3. The van der Waals surface area contributed by atoms with E-state index in [-0.39, 0.29) is 29.6 Å². The van der Waals surface area contributed by atoms with Crippen LogP contribution in [0.4, 0.5) is 0 Å². The minimum Gasteiger partial charge on any atom is -0.491 e. The van der Waals surface area contributed by atoms with Crippen LogP contribution in [0.3, 0.4) is 0 Å². The van der Waals surface area contributed by atoms with Crippen molar-refractivity contribution < 1.29 is 19.1 Å². The lowest BCUT2D eigenvalue weighted by molar-refractivity contribution is -0.136. The van der Waals surface area contributed by atoms with E-state index >= 15 is 0 Å². The Morgan fingerprint density at radius 3 is 2.79 bits per heavy atom. The summed E-state index contributed by atoms with van der Waals surface area (Å²) in [6.07, 6.45) is 8.60. The second-order valence-corrected chi connectivity index (χ2v) is 11.2. The molecule has 0 unspecified atom stereocenters. The quantitative estimate of drug-likeness (QED) is 0.435. The standard InChI is InChI=1S/C30H33N5O4/c31-16-21-15-24-26(17-32-21)39-19-30(24)10-13-34(14-11-30)12-3-1-2-5-20-6-4-7-22-23(20)18-35(29(22)38)25-8-9-27(36)33-28(25)37/h4,6-7,15,17,25H,1-3,5,8-14,18-19H2,(H,33,36,37)/t25-/m0/s1. The Morgan fingerprint density at radius 2 is 2.00 bits per heavy atom. The summed E-state index contributed by atoms with van der Waals surface area (Å²) in [6, 6.07) is 9.37. The van der Waals surface area contributed by atoms with Crippen molar-refractivity contribution in [1.82, 2.24) is 20.1 Å². The number of likely N-dealkylation sites (tertiary alicyclic amines) is 1. The highest BCUT2D eigenvalue weighted by atomic mass is 16.5. The van der Waals surface area contributed by atoms with Gasteiger partial charge >= 0.3 is 0 Å². The number of pyridine rings is 1. The van der Waals surface area contributed by atoms with Crippen molar-refractivity contribution in [2.45, 2.75) is 69.4 Å². The van der Waals surface area contributed by atoms with Gasteiger partial charge in [0.1, 0.15) is 23.6 Å². The number of nitriles is 1. The zero-order valence-corrected chi connectivity index (χ0v) is 22.1. The summed E-state index contributed by atoms with van der Waals surface area (Å²) in [4.78, 5) is 45.2. The molecule has 2 aromatic rings. The summed E-state index contributed by atoms with van der Waals surface area (Å²) in [5, 5.41) is 11.6. The number of aromatic nitrogens is 1. The summed E-state index contributed by atoms with van der Waals surface area (Å²) < 4.78 is 5.92. The van der Waals surface area contributed by atoms with Crippen LogP contribution in [0.1, 0.15) is 77.7 Å². The van der Waals surface area contributed by atoms with Crippen molar-refractivity contribution in [2.75, 3.05) is 26.2 Å². The van der Waals surface area contributed by atoms with E-state index in [1.165, 1.54) is 5.56 Å². The maximum Gasteiger partial charge on any atom is 0.255 e. The zero-order chi connectivity index (χ0) is 27.0. The van der Waals surface area contributed by atoms with Crippen molar-refractivity contribution >= 4 is 17.7 Å². The Morgan fingerprint density at radius 1 is 1.15 bits per heavy atom. The number of fused-ring (bicyclic) bond motifs is 3. The van der Waals surface area contributed by atoms with Gasteiger partial charge in [0.05, 0.1) is 12.8 Å². The van der Waals surface area contributed by atoms with Crippen LogP contribution in [0.5, 0.6) is 5.75 Å². The highest BCUT2D eigenvalue weighted by Gasteiger charge is 2.43. The molecular formula is C30H33N5O4. The van der Waals surface area contributed by atoms with Crippen LogP contribution in [0.15, 0.2) is 30.5 Å². The van der Waals surface area contributed by atoms with E-state index < -0.39 is 6.04 Å². The highest BCUT2D eigenvalue weighted by molar-refractivity contribution is 6.05. The molecular weight excluding hydrogens is 494 g/mol. The minimum atomic E-state index is -0.575. The molecule has 4 aliphatic rings. The van der Waals surface area contributed by atoms with E-state index in [2.05, 4.69) is 27.3 Å². The number of aryl methyl sites for hydroxylation is 1. The SMILES string of the molecule is N#Cc1cc2c(cn1)OCC21CCN(CCCCCc2cccc3c2CN([C@H]2CCC(=O)NC2=O)C3=O)CC1. The number of ether oxygens (including phenoxy) is 1. The molecule has 0 saturated carbocycles. The third kappa shape index (κ3) is 4.78. The van der Waals surface area contributed by atoms with Gasteiger partial charge in [-0.25, -0.2) is 4.98 Å². The van der Waals surface area contributed by atoms with Crippen LogP contribution < -0.4 is 10.1 Å². The molecule has 39 heavy (non-hydrogen) atoms. The summed E-state index contributed by atoms with van der Waals surface area (Å²) in [6.45, 7) is 4.23. The van der Waals surface area contributed by atoms with Crippen molar-refractivity contribution in [1.29, 1.82) is 5.26 Å². The number of benzene rings is 1. The number of imide groups is 1. The summed E-state index contributed by atoms with van der Waals surface area (Å²) >= 11 is 0. The monoisotopic (exact) mass is 527 g/mol. The van der Waals surface area contributed by atoms with Gasteiger partial charge in [0.15, 0.2) is 0 Å². The number of hydrogen-bond acceptors (Lipinski definition) is 7. The molecule has 1 atom stereocenters. The van der Waals surface area contributed by atoms with Gasteiger partial charge in [-0.05, 0) is 81.4 Å². The Balaban J connectivity index is 0.976. The Bertz CT molecular complexity index is 1360. The molecule has 202 valence electrons. The van der Waals surface area contributed by atoms with Gasteiger partial charge in [0, 0.05) is 29.5 Å². The molecule has 0 bridgehead atoms. The molecule has 6 rings (SSSR count). The number of nitrogens with zero attached hydrogens (tertiary/aromatic N) is 4. The smallest absolute Gasteiger partial charge is 0.255 e.